The molecule has 0 unspecified atom stereocenters. The average molecular weight is 429 g/mol. The smallest absolute Gasteiger partial charge is 0.276 e. The van der Waals surface area contributed by atoms with Crippen LogP contribution in [-0.2, 0) is 10.5 Å². The number of fused-ring (bicyclic) bond motifs is 2. The zero-order chi connectivity index (χ0) is 21.2. The Morgan fingerprint density at radius 1 is 1.13 bits per heavy atom. The minimum Gasteiger partial charge on any atom is -0.465 e. The van der Waals surface area contributed by atoms with Crippen molar-refractivity contribution in [2.75, 3.05) is 0 Å². The summed E-state index contributed by atoms with van der Waals surface area (Å²) >= 11 is 1.49. The highest BCUT2D eigenvalue weighted by Gasteiger charge is 2.32. The highest BCUT2D eigenvalue weighted by atomic mass is 32.2. The third kappa shape index (κ3) is 4.04. The van der Waals surface area contributed by atoms with E-state index in [0.29, 0.717) is 16.6 Å². The quantitative estimate of drug-likeness (QED) is 0.694. The Labute approximate surface area is 183 Å². The van der Waals surface area contributed by atoms with Crippen molar-refractivity contribution in [3.8, 4) is 0 Å². The van der Waals surface area contributed by atoms with Crippen LogP contribution >= 0.6 is 11.8 Å². The normalized spacial score (nSPS) is 17.6. The first-order valence-electron chi connectivity index (χ1n) is 9.94. The summed E-state index contributed by atoms with van der Waals surface area (Å²) in [6.07, 6.45) is 4.91. The van der Waals surface area contributed by atoms with Crippen LogP contribution in [0.2, 0.25) is 0 Å². The van der Waals surface area contributed by atoms with Crippen molar-refractivity contribution in [2.24, 2.45) is 10.1 Å². The Bertz CT molecular complexity index is 1290. The zero-order valence-corrected chi connectivity index (χ0v) is 17.7. The summed E-state index contributed by atoms with van der Waals surface area (Å²) in [5.41, 5.74) is 2.89. The number of thioether (sulfide) groups is 1. The van der Waals surface area contributed by atoms with Crippen molar-refractivity contribution < 1.29 is 9.21 Å². The lowest BCUT2D eigenvalue weighted by molar-refractivity contribution is -0.116. The van der Waals surface area contributed by atoms with Crippen LogP contribution in [0, 0.1) is 6.92 Å². The van der Waals surface area contributed by atoms with E-state index in [-0.39, 0.29) is 5.91 Å². The van der Waals surface area contributed by atoms with Gasteiger partial charge in [-0.1, -0.05) is 59.8 Å². The summed E-state index contributed by atoms with van der Waals surface area (Å²) in [6, 6.07) is 19.7. The second kappa shape index (κ2) is 8.28. The fraction of sp³-hybridized carbons (Fsp3) is 0.125. The number of rotatable bonds is 4. The molecule has 0 spiro atoms. The number of hydrazone groups is 1. The number of para-hydroxylation sites is 1. The molecule has 0 aliphatic carbocycles. The van der Waals surface area contributed by atoms with E-state index in [1.807, 2.05) is 48.6 Å². The average Bonchev–Trinajstić information content (AvgIpc) is 3.30. The fourth-order valence-corrected chi connectivity index (χ4v) is 4.25. The van der Waals surface area contributed by atoms with Crippen LogP contribution in [0.15, 0.2) is 87.5 Å². The standard InChI is InChI=1S/C24H20N4O2S/c1-16-8-10-17(11-9-16)15-31-24-26-23(29)22-19-6-2-3-7-20(19)25-21(28(22)27-24)13-12-18-5-4-14-30-18/h2-14,21H,15H2,1H3,(H,26,27,29)/b13-12+/t21-/m1/s1. The molecule has 5 rings (SSSR count). The lowest BCUT2D eigenvalue weighted by atomic mass is 10.1. The van der Waals surface area contributed by atoms with Gasteiger partial charge in [-0.25, -0.2) is 5.01 Å². The number of carbonyl (C=O) groups excluding carboxylic acids is 1. The molecule has 31 heavy (non-hydrogen) atoms. The van der Waals surface area contributed by atoms with Gasteiger partial charge in [-0.05, 0) is 42.8 Å². The SMILES string of the molecule is Cc1ccc(CSC2=NN3C(=c4ccccc4=N[C@H]3/C=C/c3ccco3)C(=O)N2)cc1. The van der Waals surface area contributed by atoms with E-state index < -0.39 is 6.17 Å². The van der Waals surface area contributed by atoms with Crippen LogP contribution in [0.25, 0.3) is 11.8 Å². The third-order valence-electron chi connectivity index (χ3n) is 5.02. The van der Waals surface area contributed by atoms with Crippen LogP contribution in [0.1, 0.15) is 16.9 Å². The number of nitrogens with one attached hydrogen (secondary N) is 1. The second-order valence-electron chi connectivity index (χ2n) is 7.26. The first-order valence-corrected chi connectivity index (χ1v) is 10.9. The van der Waals surface area contributed by atoms with Crippen molar-refractivity contribution in [1.82, 2.24) is 10.3 Å². The maximum atomic E-state index is 13.1. The molecule has 1 N–H and O–H groups in total. The number of furan rings is 1. The largest absolute Gasteiger partial charge is 0.465 e. The van der Waals surface area contributed by atoms with Gasteiger partial charge in [-0.2, -0.15) is 0 Å². The maximum Gasteiger partial charge on any atom is 0.276 e. The molecule has 1 aromatic heterocycles. The van der Waals surface area contributed by atoms with Crippen molar-refractivity contribution >= 4 is 34.6 Å². The summed E-state index contributed by atoms with van der Waals surface area (Å²) < 4.78 is 5.40. The Morgan fingerprint density at radius 3 is 2.77 bits per heavy atom. The highest BCUT2D eigenvalue weighted by Crippen LogP contribution is 2.23. The van der Waals surface area contributed by atoms with Gasteiger partial charge in [0.15, 0.2) is 11.3 Å². The molecule has 0 fully saturated rings. The molecule has 2 aliphatic rings. The van der Waals surface area contributed by atoms with Crippen molar-refractivity contribution in [2.45, 2.75) is 18.8 Å². The Morgan fingerprint density at radius 2 is 1.97 bits per heavy atom. The van der Waals surface area contributed by atoms with Gasteiger partial charge in [-0.3, -0.25) is 15.1 Å². The lowest BCUT2D eigenvalue weighted by Gasteiger charge is -2.32. The minimum absolute atomic E-state index is 0.180. The lowest BCUT2D eigenvalue weighted by Crippen LogP contribution is -2.52. The Balaban J connectivity index is 1.49. The molecule has 0 bridgehead atoms. The summed E-state index contributed by atoms with van der Waals surface area (Å²) in [7, 11) is 0. The molecule has 2 aliphatic heterocycles. The molecule has 1 atom stereocenters. The van der Waals surface area contributed by atoms with Crippen LogP contribution in [-0.4, -0.2) is 22.2 Å². The summed E-state index contributed by atoms with van der Waals surface area (Å²) in [4.78, 5) is 17.9. The molecule has 0 saturated heterocycles. The van der Waals surface area contributed by atoms with Gasteiger partial charge >= 0.3 is 0 Å². The van der Waals surface area contributed by atoms with Gasteiger partial charge in [0.25, 0.3) is 5.91 Å². The third-order valence-corrected chi connectivity index (χ3v) is 5.95. The van der Waals surface area contributed by atoms with Crippen molar-refractivity contribution in [3.05, 3.63) is 100 Å². The molecule has 154 valence electrons. The Hall–Kier alpha value is -3.58. The molecule has 3 heterocycles. The van der Waals surface area contributed by atoms with Gasteiger partial charge in [0.05, 0.1) is 11.6 Å². The number of amides is 1. The summed E-state index contributed by atoms with van der Waals surface area (Å²) in [5, 5.41) is 11.5. The molecule has 1 amide bonds. The van der Waals surface area contributed by atoms with Gasteiger partial charge in [0.1, 0.15) is 11.5 Å². The molecular formula is C24H20N4O2S. The molecule has 0 saturated carbocycles. The number of hydrogen-bond donors (Lipinski definition) is 1. The summed E-state index contributed by atoms with van der Waals surface area (Å²) in [5.74, 6) is 1.25. The van der Waals surface area contributed by atoms with Gasteiger partial charge in [0.2, 0.25) is 0 Å². The maximum absolute atomic E-state index is 13.1. The molecule has 0 radical (unpaired) electrons. The van der Waals surface area contributed by atoms with E-state index in [2.05, 4.69) is 36.5 Å². The minimum atomic E-state index is -0.448. The van der Waals surface area contributed by atoms with Crippen molar-refractivity contribution in [3.63, 3.8) is 0 Å². The second-order valence-corrected chi connectivity index (χ2v) is 8.23. The molecular weight excluding hydrogens is 408 g/mol. The molecule has 6 nitrogen and oxygen atoms in total. The van der Waals surface area contributed by atoms with E-state index >= 15 is 0 Å². The number of nitrogens with zero attached hydrogens (tertiary/aromatic N) is 3. The van der Waals surface area contributed by atoms with Crippen LogP contribution in [0.4, 0.5) is 0 Å². The Kier molecular flexibility index (Phi) is 5.18. The summed E-state index contributed by atoms with van der Waals surface area (Å²) in [6.45, 7) is 2.06. The van der Waals surface area contributed by atoms with E-state index in [9.17, 15) is 4.79 Å². The van der Waals surface area contributed by atoms with Crippen LogP contribution in [0.3, 0.4) is 0 Å². The van der Waals surface area contributed by atoms with E-state index in [1.54, 1.807) is 11.3 Å². The van der Waals surface area contributed by atoms with Crippen LogP contribution in [0.5, 0.6) is 0 Å². The first kappa shape index (κ1) is 19.4. The first-order chi connectivity index (χ1) is 15.2. The van der Waals surface area contributed by atoms with E-state index in [4.69, 9.17) is 14.5 Å². The highest BCUT2D eigenvalue weighted by molar-refractivity contribution is 8.13. The van der Waals surface area contributed by atoms with E-state index in [1.165, 1.54) is 22.9 Å². The van der Waals surface area contributed by atoms with Crippen LogP contribution < -0.4 is 15.9 Å². The topological polar surface area (TPSA) is 70.2 Å². The zero-order valence-electron chi connectivity index (χ0n) is 16.9. The number of aryl methyl sites for hydroxylation is 1. The number of benzene rings is 2. The van der Waals surface area contributed by atoms with Crippen molar-refractivity contribution in [1.29, 1.82) is 0 Å². The number of hydrogen-bond acceptors (Lipinski definition) is 6. The monoisotopic (exact) mass is 428 g/mol. The van der Waals surface area contributed by atoms with Gasteiger partial charge in [-0.15, -0.1) is 5.10 Å². The molecule has 2 aromatic carbocycles. The predicted molar refractivity (Wildman–Crippen MR) is 122 cm³/mol. The fourth-order valence-electron chi connectivity index (χ4n) is 3.45. The number of amidine groups is 1. The number of carbonyl (C=O) groups is 1. The predicted octanol–water partition coefficient (Wildman–Crippen LogP) is 3.01. The molecule has 7 heteroatoms. The van der Waals surface area contributed by atoms with E-state index in [0.717, 1.165) is 16.3 Å². The molecule has 3 aromatic rings. The van der Waals surface area contributed by atoms with Gasteiger partial charge < -0.3 is 4.42 Å². The van der Waals surface area contributed by atoms with Gasteiger partial charge in [0, 0.05) is 11.0 Å².